The summed E-state index contributed by atoms with van der Waals surface area (Å²) in [4.78, 5) is 32.4. The lowest BCUT2D eigenvalue weighted by atomic mass is 10.1. The molecule has 0 saturated carbocycles. The molecule has 1 aromatic heterocycles. The lowest BCUT2D eigenvalue weighted by Crippen LogP contribution is -2.18. The van der Waals surface area contributed by atoms with Crippen molar-refractivity contribution in [3.05, 3.63) is 46.8 Å². The van der Waals surface area contributed by atoms with Crippen LogP contribution in [-0.4, -0.2) is 28.0 Å². The summed E-state index contributed by atoms with van der Waals surface area (Å²) in [5.74, 6) is -0.755. The first kappa shape index (κ1) is 17.9. The number of thioether (sulfide) groups is 1. The summed E-state index contributed by atoms with van der Waals surface area (Å²) in [6.45, 7) is 3.84. The number of para-hydroxylation sites is 1. The number of anilines is 1. The maximum absolute atomic E-state index is 12.2. The highest BCUT2D eigenvalue weighted by Crippen LogP contribution is 2.18. The van der Waals surface area contributed by atoms with Crippen molar-refractivity contribution >= 4 is 29.3 Å². The number of carbonyl (C=O) groups is 2. The van der Waals surface area contributed by atoms with Crippen LogP contribution in [0.25, 0.3) is 0 Å². The molecule has 24 heavy (non-hydrogen) atoms. The molecule has 2 aromatic rings. The predicted octanol–water partition coefficient (Wildman–Crippen LogP) is 2.49. The van der Waals surface area contributed by atoms with Crippen molar-refractivity contribution in [1.29, 1.82) is 0 Å². The Bertz CT molecular complexity index is 754. The minimum atomic E-state index is -0.571. The van der Waals surface area contributed by atoms with Crippen LogP contribution in [0.1, 0.15) is 33.7 Å². The Kier molecular flexibility index (Phi) is 5.92. The normalized spacial score (nSPS) is 10.5. The van der Waals surface area contributed by atoms with Gasteiger partial charge in [0.15, 0.2) is 5.16 Å². The number of aromatic nitrogens is 2. The Hall–Kier alpha value is -2.41. The van der Waals surface area contributed by atoms with Gasteiger partial charge in [0.2, 0.25) is 5.91 Å². The van der Waals surface area contributed by atoms with E-state index in [9.17, 15) is 9.59 Å². The quantitative estimate of drug-likeness (QED) is 0.620. The van der Waals surface area contributed by atoms with Crippen LogP contribution in [0.15, 0.2) is 29.4 Å². The second kappa shape index (κ2) is 7.92. The van der Waals surface area contributed by atoms with Gasteiger partial charge in [0.1, 0.15) is 0 Å². The molecule has 0 aliphatic rings. The van der Waals surface area contributed by atoms with E-state index >= 15 is 0 Å². The molecule has 0 bridgehead atoms. The molecule has 0 aliphatic carbocycles. The number of rotatable bonds is 6. The van der Waals surface area contributed by atoms with Gasteiger partial charge in [-0.2, -0.15) is 0 Å². The largest absolute Gasteiger partial charge is 0.366 e. The van der Waals surface area contributed by atoms with E-state index in [-0.39, 0.29) is 12.3 Å². The lowest BCUT2D eigenvalue weighted by Gasteiger charge is -2.11. The molecule has 6 nitrogen and oxygen atoms in total. The average Bonchev–Trinajstić information content (AvgIpc) is 2.54. The summed E-state index contributed by atoms with van der Waals surface area (Å²) in [7, 11) is 0. The van der Waals surface area contributed by atoms with Gasteiger partial charge in [-0.3, -0.25) is 9.59 Å². The summed E-state index contributed by atoms with van der Waals surface area (Å²) < 4.78 is 0. The molecule has 0 fully saturated rings. The second-order valence-electron chi connectivity index (χ2n) is 5.32. The summed E-state index contributed by atoms with van der Waals surface area (Å²) in [6.07, 6.45) is 2.74. The molecule has 3 N–H and O–H groups in total. The Morgan fingerprint density at radius 3 is 2.38 bits per heavy atom. The van der Waals surface area contributed by atoms with E-state index in [0.717, 1.165) is 22.1 Å². The molecule has 0 radical (unpaired) electrons. The SMILES string of the molecule is CSc1nc(C)c(CCC(=O)Nc2ccccc2C(N)=O)c(C)n1. The van der Waals surface area contributed by atoms with Crippen molar-refractivity contribution < 1.29 is 9.59 Å². The van der Waals surface area contributed by atoms with Crippen LogP contribution in [0, 0.1) is 13.8 Å². The summed E-state index contributed by atoms with van der Waals surface area (Å²) in [6, 6.07) is 6.69. The first-order valence-corrected chi connectivity index (χ1v) is 8.71. The zero-order valence-corrected chi connectivity index (χ0v) is 14.7. The number of carbonyl (C=O) groups excluding carboxylic acids is 2. The standard InChI is InChI=1S/C17H20N4O2S/c1-10-12(11(2)20-17(19-10)24-3)8-9-15(22)21-14-7-5-4-6-13(14)16(18)23/h4-7H,8-9H2,1-3H3,(H2,18,23)(H,21,22). The number of hydrogen-bond acceptors (Lipinski definition) is 5. The molecule has 0 saturated heterocycles. The summed E-state index contributed by atoms with van der Waals surface area (Å²) in [5, 5.41) is 3.47. The van der Waals surface area contributed by atoms with E-state index in [1.54, 1.807) is 24.3 Å². The molecule has 1 aromatic carbocycles. The van der Waals surface area contributed by atoms with E-state index < -0.39 is 5.91 Å². The van der Waals surface area contributed by atoms with Gasteiger partial charge in [0.05, 0.1) is 11.3 Å². The number of nitrogens with zero attached hydrogens (tertiary/aromatic N) is 2. The third kappa shape index (κ3) is 4.32. The maximum Gasteiger partial charge on any atom is 0.250 e. The number of amides is 2. The molecule has 0 atom stereocenters. The van der Waals surface area contributed by atoms with Crippen LogP contribution in [0.4, 0.5) is 5.69 Å². The smallest absolute Gasteiger partial charge is 0.250 e. The second-order valence-corrected chi connectivity index (χ2v) is 6.09. The lowest BCUT2D eigenvalue weighted by molar-refractivity contribution is -0.116. The monoisotopic (exact) mass is 344 g/mol. The van der Waals surface area contributed by atoms with E-state index in [1.807, 2.05) is 20.1 Å². The average molecular weight is 344 g/mol. The van der Waals surface area contributed by atoms with E-state index in [2.05, 4.69) is 15.3 Å². The van der Waals surface area contributed by atoms with Gasteiger partial charge in [-0.25, -0.2) is 9.97 Å². The zero-order valence-electron chi connectivity index (χ0n) is 13.9. The molecule has 126 valence electrons. The molecule has 2 amide bonds. The van der Waals surface area contributed by atoms with Crippen molar-refractivity contribution in [2.75, 3.05) is 11.6 Å². The van der Waals surface area contributed by atoms with E-state index in [0.29, 0.717) is 17.7 Å². The van der Waals surface area contributed by atoms with Gasteiger partial charge < -0.3 is 11.1 Å². The Morgan fingerprint density at radius 2 is 1.79 bits per heavy atom. The zero-order chi connectivity index (χ0) is 17.7. The van der Waals surface area contributed by atoms with Crippen LogP contribution < -0.4 is 11.1 Å². The highest BCUT2D eigenvalue weighted by molar-refractivity contribution is 7.98. The van der Waals surface area contributed by atoms with Gasteiger partial charge in [0, 0.05) is 17.8 Å². The van der Waals surface area contributed by atoms with Gasteiger partial charge >= 0.3 is 0 Å². The predicted molar refractivity (Wildman–Crippen MR) is 95.2 cm³/mol. The maximum atomic E-state index is 12.2. The fourth-order valence-corrected chi connectivity index (χ4v) is 2.88. The van der Waals surface area contributed by atoms with Crippen LogP contribution in [0.2, 0.25) is 0 Å². The van der Waals surface area contributed by atoms with Gasteiger partial charge in [-0.05, 0) is 44.2 Å². The Labute approximate surface area is 145 Å². The third-order valence-corrected chi connectivity index (χ3v) is 4.20. The van der Waals surface area contributed by atoms with Crippen molar-refractivity contribution in [2.24, 2.45) is 5.73 Å². The number of primary amides is 1. The third-order valence-electron chi connectivity index (χ3n) is 3.65. The minimum Gasteiger partial charge on any atom is -0.366 e. The van der Waals surface area contributed by atoms with Crippen LogP contribution >= 0.6 is 11.8 Å². The fraction of sp³-hybridized carbons (Fsp3) is 0.294. The summed E-state index contributed by atoms with van der Waals surface area (Å²) in [5.41, 5.74) is 8.79. The van der Waals surface area contributed by atoms with Crippen LogP contribution in [0.3, 0.4) is 0 Å². The van der Waals surface area contributed by atoms with Crippen molar-refractivity contribution in [3.63, 3.8) is 0 Å². The molecule has 2 rings (SSSR count). The van der Waals surface area contributed by atoms with Gasteiger partial charge in [-0.1, -0.05) is 23.9 Å². The molecule has 7 heteroatoms. The first-order valence-electron chi connectivity index (χ1n) is 7.49. The minimum absolute atomic E-state index is 0.184. The van der Waals surface area contributed by atoms with Crippen LogP contribution in [-0.2, 0) is 11.2 Å². The molecule has 0 aliphatic heterocycles. The highest BCUT2D eigenvalue weighted by atomic mass is 32.2. The number of aryl methyl sites for hydroxylation is 2. The number of nitrogens with one attached hydrogen (secondary N) is 1. The van der Waals surface area contributed by atoms with Gasteiger partial charge in [0.25, 0.3) is 5.91 Å². The fourth-order valence-electron chi connectivity index (χ4n) is 2.42. The molecule has 0 unspecified atom stereocenters. The van der Waals surface area contributed by atoms with Crippen molar-refractivity contribution in [2.45, 2.75) is 31.8 Å². The first-order chi connectivity index (χ1) is 11.4. The van der Waals surface area contributed by atoms with Crippen molar-refractivity contribution in [3.8, 4) is 0 Å². The molecular weight excluding hydrogens is 324 g/mol. The van der Waals surface area contributed by atoms with Crippen LogP contribution in [0.5, 0.6) is 0 Å². The number of hydrogen-bond donors (Lipinski definition) is 2. The highest BCUT2D eigenvalue weighted by Gasteiger charge is 2.13. The van der Waals surface area contributed by atoms with Crippen molar-refractivity contribution in [1.82, 2.24) is 9.97 Å². The van der Waals surface area contributed by atoms with E-state index in [4.69, 9.17) is 5.73 Å². The Morgan fingerprint density at radius 1 is 1.17 bits per heavy atom. The summed E-state index contributed by atoms with van der Waals surface area (Å²) >= 11 is 1.49. The number of nitrogens with two attached hydrogens (primary N) is 1. The van der Waals surface area contributed by atoms with Gasteiger partial charge in [-0.15, -0.1) is 0 Å². The molecular formula is C17H20N4O2S. The molecule has 1 heterocycles. The molecule has 0 spiro atoms. The number of benzene rings is 1. The van der Waals surface area contributed by atoms with E-state index in [1.165, 1.54) is 11.8 Å². The topological polar surface area (TPSA) is 98.0 Å². The Balaban J connectivity index is 2.06.